The first-order valence-corrected chi connectivity index (χ1v) is 7.91. The van der Waals surface area contributed by atoms with Crippen LogP contribution in [0.15, 0.2) is 57.9 Å². The van der Waals surface area contributed by atoms with E-state index >= 15 is 0 Å². The minimum absolute atomic E-state index is 0.00974. The van der Waals surface area contributed by atoms with Gasteiger partial charge in [-0.1, -0.05) is 30.3 Å². The van der Waals surface area contributed by atoms with Gasteiger partial charge in [-0.2, -0.15) is 0 Å². The number of benzene rings is 2. The average molecular weight is 378 g/mol. The smallest absolute Gasteiger partial charge is 0.337 e. The van der Waals surface area contributed by atoms with E-state index < -0.39 is 16.8 Å². The van der Waals surface area contributed by atoms with Gasteiger partial charge in [-0.25, -0.2) is 9.78 Å². The third-order valence-corrected chi connectivity index (χ3v) is 3.60. The van der Waals surface area contributed by atoms with Gasteiger partial charge >= 0.3 is 5.97 Å². The molecule has 0 radical (unpaired) electrons. The van der Waals surface area contributed by atoms with Crippen LogP contribution in [0.2, 0.25) is 0 Å². The number of hydrogen-bond donors (Lipinski definition) is 1. The predicted octanol–water partition coefficient (Wildman–Crippen LogP) is 3.28. The zero-order valence-corrected chi connectivity index (χ0v) is 14.2. The maximum Gasteiger partial charge on any atom is 0.337 e. The van der Waals surface area contributed by atoms with Crippen molar-refractivity contribution in [3.8, 4) is 5.95 Å². The molecule has 3 aromatic rings. The summed E-state index contributed by atoms with van der Waals surface area (Å²) >= 11 is 0. The number of oxazole rings is 1. The van der Waals surface area contributed by atoms with E-state index in [9.17, 15) is 20.0 Å². The molecule has 0 spiro atoms. The number of carbonyl (C=O) groups is 1. The maximum atomic E-state index is 11.9. The number of rotatable bonds is 6. The summed E-state index contributed by atoms with van der Waals surface area (Å²) in [5, 5.41) is 31.8. The predicted molar refractivity (Wildman–Crippen MR) is 98.6 cm³/mol. The summed E-state index contributed by atoms with van der Waals surface area (Å²) in [5.41, 5.74) is 0.528. The van der Waals surface area contributed by atoms with Gasteiger partial charge in [-0.15, -0.1) is 0 Å². The van der Waals surface area contributed by atoms with Crippen molar-refractivity contribution in [1.29, 1.82) is 0 Å². The molecule has 3 rings (SSSR count). The molecular formula is C19H12N3O6-. The first kappa shape index (κ1) is 18.5. The van der Waals surface area contributed by atoms with Crippen molar-refractivity contribution in [2.75, 3.05) is 0 Å². The van der Waals surface area contributed by atoms with Crippen molar-refractivity contribution in [3.05, 3.63) is 81.4 Å². The number of para-hydroxylation sites is 1. The van der Waals surface area contributed by atoms with Crippen molar-refractivity contribution in [1.82, 2.24) is 4.98 Å². The number of aromatic nitrogens is 1. The molecule has 1 aromatic heterocycles. The highest BCUT2D eigenvalue weighted by molar-refractivity contribution is 5.95. The third-order valence-electron chi connectivity index (χ3n) is 3.60. The number of nitro groups is 1. The van der Waals surface area contributed by atoms with E-state index in [4.69, 9.17) is 9.52 Å². The van der Waals surface area contributed by atoms with Gasteiger partial charge in [0, 0.05) is 12.1 Å². The van der Waals surface area contributed by atoms with Crippen LogP contribution in [-0.4, -0.2) is 27.2 Å². The summed E-state index contributed by atoms with van der Waals surface area (Å²) < 4.78 is 4.99. The van der Waals surface area contributed by atoms with Crippen molar-refractivity contribution in [2.24, 2.45) is 4.99 Å². The molecule has 0 bridgehead atoms. The van der Waals surface area contributed by atoms with E-state index in [2.05, 4.69) is 9.98 Å². The molecule has 0 saturated heterocycles. The summed E-state index contributed by atoms with van der Waals surface area (Å²) in [7, 11) is 0. The monoisotopic (exact) mass is 378 g/mol. The lowest BCUT2D eigenvalue weighted by Gasteiger charge is -1.99. The molecule has 1 heterocycles. The van der Waals surface area contributed by atoms with Crippen LogP contribution in [0, 0.1) is 10.1 Å². The van der Waals surface area contributed by atoms with E-state index in [1.807, 2.05) is 0 Å². The van der Waals surface area contributed by atoms with Gasteiger partial charge in [0.05, 0.1) is 28.3 Å². The molecule has 1 N–H and O–H groups in total. The molecule has 28 heavy (non-hydrogen) atoms. The van der Waals surface area contributed by atoms with E-state index in [-0.39, 0.29) is 28.5 Å². The van der Waals surface area contributed by atoms with Gasteiger partial charge in [-0.3, -0.25) is 15.1 Å². The number of non-ortho nitro benzene ring substituents is 1. The second-order valence-corrected chi connectivity index (χ2v) is 5.49. The van der Waals surface area contributed by atoms with Crippen LogP contribution in [0.1, 0.15) is 27.5 Å². The molecule has 0 aliphatic carbocycles. The van der Waals surface area contributed by atoms with Crippen molar-refractivity contribution < 1.29 is 24.3 Å². The van der Waals surface area contributed by atoms with Gasteiger partial charge in [0.25, 0.3) is 5.69 Å². The molecule has 0 saturated carbocycles. The van der Waals surface area contributed by atoms with Crippen molar-refractivity contribution in [2.45, 2.75) is 0 Å². The Kier molecular flexibility index (Phi) is 5.26. The van der Waals surface area contributed by atoms with E-state index in [1.165, 1.54) is 42.5 Å². The normalized spacial score (nSPS) is 11.3. The summed E-state index contributed by atoms with van der Waals surface area (Å²) in [6, 6.07) is 12.0. The van der Waals surface area contributed by atoms with Crippen LogP contribution in [-0.2, 0) is 0 Å². The Morgan fingerprint density at radius 2 is 1.96 bits per heavy atom. The van der Waals surface area contributed by atoms with Crippen LogP contribution in [0.25, 0.3) is 12.2 Å². The Bertz CT molecular complexity index is 1100. The third kappa shape index (κ3) is 4.28. The average Bonchev–Trinajstić information content (AvgIpc) is 3.04. The number of carboxylic acid groups (broad SMARTS) is 1. The fourth-order valence-electron chi connectivity index (χ4n) is 2.29. The second-order valence-electron chi connectivity index (χ2n) is 5.49. The van der Waals surface area contributed by atoms with E-state index in [0.29, 0.717) is 5.56 Å². The maximum absolute atomic E-state index is 11.9. The van der Waals surface area contributed by atoms with Gasteiger partial charge in [0.1, 0.15) is 11.6 Å². The Morgan fingerprint density at radius 1 is 1.18 bits per heavy atom. The summed E-state index contributed by atoms with van der Waals surface area (Å²) in [6.45, 7) is 0. The molecule has 0 aliphatic heterocycles. The topological polar surface area (TPSA) is 142 Å². The highest BCUT2D eigenvalue weighted by atomic mass is 16.6. The quantitative estimate of drug-likeness (QED) is 0.394. The first-order valence-electron chi connectivity index (χ1n) is 7.91. The van der Waals surface area contributed by atoms with E-state index in [1.54, 1.807) is 18.2 Å². The molecule has 0 fully saturated rings. The van der Waals surface area contributed by atoms with Crippen LogP contribution >= 0.6 is 0 Å². The van der Waals surface area contributed by atoms with Crippen LogP contribution in [0.4, 0.5) is 11.4 Å². The van der Waals surface area contributed by atoms with Gasteiger partial charge < -0.3 is 14.6 Å². The molecule has 9 nitrogen and oxygen atoms in total. The molecule has 0 aliphatic rings. The molecule has 0 atom stereocenters. The summed E-state index contributed by atoms with van der Waals surface area (Å²) in [5.74, 6) is -1.89. The van der Waals surface area contributed by atoms with Crippen LogP contribution in [0.3, 0.4) is 0 Å². The second kappa shape index (κ2) is 7.96. The number of hydrogen-bond acceptors (Lipinski definition) is 7. The zero-order chi connectivity index (χ0) is 20.1. The van der Waals surface area contributed by atoms with Crippen molar-refractivity contribution in [3.63, 3.8) is 0 Å². The Labute approximate surface area is 158 Å². The minimum atomic E-state index is -1.14. The number of carboxylic acids is 1. The van der Waals surface area contributed by atoms with Crippen molar-refractivity contribution >= 4 is 35.7 Å². The van der Waals surface area contributed by atoms with Crippen LogP contribution < -0.4 is 5.11 Å². The largest absolute Gasteiger partial charge is 0.563 e. The Hall–Kier alpha value is -4.27. The van der Waals surface area contributed by atoms with Gasteiger partial charge in [0.15, 0.2) is 0 Å². The molecule has 0 unspecified atom stereocenters. The van der Waals surface area contributed by atoms with Gasteiger partial charge in [0.2, 0.25) is 0 Å². The minimum Gasteiger partial charge on any atom is -0.563 e. The summed E-state index contributed by atoms with van der Waals surface area (Å²) in [4.78, 5) is 29.4. The fraction of sp³-hybridized carbons (Fsp3) is 0. The standard InChI is InChI=1S/C19H13N3O6/c23-18(24)14-6-1-2-7-15(14)20-11-16-19(25)28-17(21-16)9-8-12-4-3-5-13(10-12)22(26)27/h1-11,25H,(H,23,24)/p-1/b9-8+,20-11?. The number of aromatic carboxylic acids is 1. The first-order chi connectivity index (χ1) is 13.4. The highest BCUT2D eigenvalue weighted by Crippen LogP contribution is 2.21. The van der Waals surface area contributed by atoms with E-state index in [0.717, 1.165) is 6.21 Å². The lowest BCUT2D eigenvalue weighted by atomic mass is 10.2. The zero-order valence-electron chi connectivity index (χ0n) is 14.2. The number of nitro benzene ring substituents is 1. The molecule has 2 aromatic carbocycles. The Morgan fingerprint density at radius 3 is 2.71 bits per heavy atom. The van der Waals surface area contributed by atoms with Crippen LogP contribution in [0.5, 0.6) is 5.95 Å². The molecule has 140 valence electrons. The lowest BCUT2D eigenvalue weighted by Crippen LogP contribution is -1.97. The Balaban J connectivity index is 1.81. The molecular weight excluding hydrogens is 366 g/mol. The fourth-order valence-corrected chi connectivity index (χ4v) is 2.29. The number of aliphatic imine (C=N–C) groups is 1. The molecule has 0 amide bonds. The highest BCUT2D eigenvalue weighted by Gasteiger charge is 2.08. The van der Waals surface area contributed by atoms with Gasteiger partial charge in [-0.05, 0) is 23.8 Å². The summed E-state index contributed by atoms with van der Waals surface area (Å²) in [6.07, 6.45) is 4.03. The lowest BCUT2D eigenvalue weighted by molar-refractivity contribution is -0.384. The molecule has 9 heteroatoms. The SMILES string of the molecule is O=C(O)c1ccccc1N=Cc1nc(/C=C/c2cccc([N+](=O)[O-])c2)oc1[O-]. The number of nitrogens with zero attached hydrogens (tertiary/aromatic N) is 3.